The lowest BCUT2D eigenvalue weighted by atomic mass is 9.90. The van der Waals surface area contributed by atoms with Crippen molar-refractivity contribution in [2.75, 3.05) is 27.7 Å². The highest BCUT2D eigenvalue weighted by atomic mass is 16.5. The molecule has 0 unspecified atom stereocenters. The molecule has 2 aromatic carbocycles. The Bertz CT molecular complexity index is 899. The summed E-state index contributed by atoms with van der Waals surface area (Å²) in [4.78, 5) is 17.2. The van der Waals surface area contributed by atoms with Crippen LogP contribution in [0.25, 0.3) is 10.9 Å². The number of aromatic nitrogens is 1. The van der Waals surface area contributed by atoms with Gasteiger partial charge < -0.3 is 19.9 Å². The highest BCUT2D eigenvalue weighted by Gasteiger charge is 2.21. The van der Waals surface area contributed by atoms with Gasteiger partial charge in [0.15, 0.2) is 0 Å². The van der Waals surface area contributed by atoms with Crippen molar-refractivity contribution < 1.29 is 9.53 Å². The zero-order valence-corrected chi connectivity index (χ0v) is 16.3. The average Bonchev–Trinajstić information content (AvgIpc) is 3.12. The number of carbonyl (C=O) groups is 1. The molecule has 27 heavy (non-hydrogen) atoms. The number of fused-ring (bicyclic) bond motifs is 1. The van der Waals surface area contributed by atoms with Crippen LogP contribution in [-0.2, 0) is 4.79 Å². The number of para-hydroxylation sites is 1. The Morgan fingerprint density at radius 1 is 1.15 bits per heavy atom. The molecular formula is C22H27N3O2. The predicted octanol–water partition coefficient (Wildman–Crippen LogP) is 3.37. The Labute approximate surface area is 160 Å². The number of nitrogens with zero attached hydrogens (tertiary/aromatic N) is 1. The molecule has 0 spiro atoms. The molecule has 1 aromatic heterocycles. The molecular weight excluding hydrogens is 338 g/mol. The molecule has 1 heterocycles. The van der Waals surface area contributed by atoms with E-state index in [1.165, 1.54) is 16.5 Å². The lowest BCUT2D eigenvalue weighted by Crippen LogP contribution is -2.43. The van der Waals surface area contributed by atoms with Gasteiger partial charge in [-0.15, -0.1) is 0 Å². The van der Waals surface area contributed by atoms with Crippen molar-refractivity contribution in [2.24, 2.45) is 0 Å². The van der Waals surface area contributed by atoms with Crippen molar-refractivity contribution in [3.05, 3.63) is 65.9 Å². The molecule has 3 aromatic rings. The van der Waals surface area contributed by atoms with Gasteiger partial charge in [0.05, 0.1) is 13.2 Å². The molecule has 5 nitrogen and oxygen atoms in total. The summed E-state index contributed by atoms with van der Waals surface area (Å²) in [6.45, 7) is 2.57. The predicted molar refractivity (Wildman–Crippen MR) is 109 cm³/mol. The lowest BCUT2D eigenvalue weighted by molar-refractivity contribution is -0.130. The smallest absolute Gasteiger partial charge is 0.238 e. The summed E-state index contributed by atoms with van der Waals surface area (Å²) in [5.41, 5.74) is 3.51. The number of amides is 1. The van der Waals surface area contributed by atoms with Gasteiger partial charge in [0, 0.05) is 43.7 Å². The fraction of sp³-hybridized carbons (Fsp3) is 0.318. The van der Waals surface area contributed by atoms with E-state index in [9.17, 15) is 4.79 Å². The summed E-state index contributed by atoms with van der Waals surface area (Å²) in [7, 11) is 5.23. The molecule has 1 amide bonds. The van der Waals surface area contributed by atoms with E-state index in [1.54, 1.807) is 26.1 Å². The quantitative estimate of drug-likeness (QED) is 0.675. The number of aromatic amines is 1. The summed E-state index contributed by atoms with van der Waals surface area (Å²) in [6, 6.07) is 16.2. The molecule has 0 saturated carbocycles. The molecule has 2 N–H and O–H groups in total. The van der Waals surface area contributed by atoms with E-state index in [-0.39, 0.29) is 17.9 Å². The van der Waals surface area contributed by atoms with E-state index in [1.807, 2.05) is 25.1 Å². The molecule has 0 aliphatic carbocycles. The Balaban J connectivity index is 1.92. The van der Waals surface area contributed by atoms with Crippen molar-refractivity contribution in [3.63, 3.8) is 0 Å². The second-order valence-corrected chi connectivity index (χ2v) is 6.98. The minimum absolute atomic E-state index is 0.0717. The van der Waals surface area contributed by atoms with Crippen LogP contribution in [0.5, 0.6) is 5.75 Å². The molecule has 3 rings (SSSR count). The minimum atomic E-state index is -0.244. The molecule has 0 fully saturated rings. The first-order valence-electron chi connectivity index (χ1n) is 9.15. The van der Waals surface area contributed by atoms with Crippen LogP contribution < -0.4 is 10.1 Å². The fourth-order valence-corrected chi connectivity index (χ4v) is 3.40. The lowest BCUT2D eigenvalue weighted by Gasteiger charge is -2.23. The number of hydrogen-bond acceptors (Lipinski definition) is 3. The summed E-state index contributed by atoms with van der Waals surface area (Å²) in [6.07, 6.45) is 2.07. The van der Waals surface area contributed by atoms with Crippen LogP contribution in [0, 0.1) is 0 Å². The monoisotopic (exact) mass is 365 g/mol. The van der Waals surface area contributed by atoms with E-state index in [0.29, 0.717) is 6.54 Å². The third-order valence-electron chi connectivity index (χ3n) is 4.95. The summed E-state index contributed by atoms with van der Waals surface area (Å²) < 4.78 is 5.29. The van der Waals surface area contributed by atoms with Gasteiger partial charge >= 0.3 is 0 Å². The molecule has 0 aliphatic rings. The standard InChI is InChI=1S/C22H27N3O2/c1-15(22(26)25(2)3)23-13-19(16-9-11-17(27-4)12-10-16)20-14-24-21-8-6-5-7-18(20)21/h5-12,14-15,19,23-24H,13H2,1-4H3/t15-,19+/m1/s1. The SMILES string of the molecule is COc1ccc([C@H](CN[C@H](C)C(=O)N(C)C)c2c[nH]c3ccccc23)cc1. The number of benzene rings is 2. The van der Waals surface area contributed by atoms with Crippen molar-refractivity contribution in [1.29, 1.82) is 0 Å². The number of hydrogen-bond donors (Lipinski definition) is 2. The van der Waals surface area contributed by atoms with Gasteiger partial charge in [-0.1, -0.05) is 30.3 Å². The third kappa shape index (κ3) is 4.14. The van der Waals surface area contributed by atoms with Gasteiger partial charge in [-0.25, -0.2) is 0 Å². The van der Waals surface area contributed by atoms with E-state index in [2.05, 4.69) is 46.8 Å². The first-order chi connectivity index (χ1) is 13.0. The summed E-state index contributed by atoms with van der Waals surface area (Å²) >= 11 is 0. The molecule has 2 atom stereocenters. The zero-order valence-electron chi connectivity index (χ0n) is 16.3. The van der Waals surface area contributed by atoms with Crippen LogP contribution in [-0.4, -0.2) is 49.6 Å². The number of nitrogens with one attached hydrogen (secondary N) is 2. The molecule has 142 valence electrons. The number of rotatable bonds is 7. The minimum Gasteiger partial charge on any atom is -0.497 e. The maximum Gasteiger partial charge on any atom is 0.238 e. The second kappa shape index (κ2) is 8.27. The Morgan fingerprint density at radius 3 is 2.52 bits per heavy atom. The molecule has 0 aliphatic heterocycles. The van der Waals surface area contributed by atoms with Crippen LogP contribution in [0.2, 0.25) is 0 Å². The maximum atomic E-state index is 12.2. The zero-order chi connectivity index (χ0) is 19.4. The average molecular weight is 365 g/mol. The van der Waals surface area contributed by atoms with Crippen molar-refractivity contribution in [2.45, 2.75) is 18.9 Å². The Hall–Kier alpha value is -2.79. The Kier molecular flexibility index (Phi) is 5.81. The molecule has 5 heteroatoms. The Morgan fingerprint density at radius 2 is 1.85 bits per heavy atom. The fourth-order valence-electron chi connectivity index (χ4n) is 3.40. The second-order valence-electron chi connectivity index (χ2n) is 6.98. The number of ether oxygens (including phenoxy) is 1. The number of H-pyrrole nitrogens is 1. The van der Waals surface area contributed by atoms with Crippen LogP contribution in [0.15, 0.2) is 54.7 Å². The first-order valence-corrected chi connectivity index (χ1v) is 9.15. The number of carbonyl (C=O) groups excluding carboxylic acids is 1. The van der Waals surface area contributed by atoms with Crippen molar-refractivity contribution in [1.82, 2.24) is 15.2 Å². The van der Waals surface area contributed by atoms with Crippen molar-refractivity contribution >= 4 is 16.8 Å². The van der Waals surface area contributed by atoms with Gasteiger partial charge in [0.1, 0.15) is 5.75 Å². The van der Waals surface area contributed by atoms with Crippen LogP contribution in [0.1, 0.15) is 24.0 Å². The van der Waals surface area contributed by atoms with Crippen LogP contribution in [0.3, 0.4) is 0 Å². The molecule has 0 saturated heterocycles. The van der Waals surface area contributed by atoms with Crippen LogP contribution >= 0.6 is 0 Å². The van der Waals surface area contributed by atoms with E-state index in [4.69, 9.17) is 4.74 Å². The van der Waals surface area contributed by atoms with Gasteiger partial charge in [-0.3, -0.25) is 4.79 Å². The van der Waals surface area contributed by atoms with Crippen molar-refractivity contribution in [3.8, 4) is 5.75 Å². The summed E-state index contributed by atoms with van der Waals surface area (Å²) in [5.74, 6) is 1.02. The first kappa shape index (κ1) is 19.0. The highest BCUT2D eigenvalue weighted by molar-refractivity contribution is 5.84. The van der Waals surface area contributed by atoms with E-state index < -0.39 is 0 Å². The van der Waals surface area contributed by atoms with Gasteiger partial charge in [-0.05, 0) is 36.2 Å². The summed E-state index contributed by atoms with van der Waals surface area (Å²) in [5, 5.41) is 4.61. The van der Waals surface area contributed by atoms with Gasteiger partial charge in [0.25, 0.3) is 0 Å². The highest BCUT2D eigenvalue weighted by Crippen LogP contribution is 2.31. The van der Waals surface area contributed by atoms with Gasteiger partial charge in [0.2, 0.25) is 5.91 Å². The third-order valence-corrected chi connectivity index (χ3v) is 4.95. The normalized spacial score (nSPS) is 13.3. The van der Waals surface area contributed by atoms with E-state index >= 15 is 0 Å². The van der Waals surface area contributed by atoms with Gasteiger partial charge in [-0.2, -0.15) is 0 Å². The van der Waals surface area contributed by atoms with E-state index in [0.717, 1.165) is 11.3 Å². The number of methoxy groups -OCH3 is 1. The van der Waals surface area contributed by atoms with Crippen LogP contribution in [0.4, 0.5) is 0 Å². The number of likely N-dealkylation sites (N-methyl/N-ethyl adjacent to an activating group) is 1. The topological polar surface area (TPSA) is 57.4 Å². The maximum absolute atomic E-state index is 12.2. The molecule has 0 bridgehead atoms. The largest absolute Gasteiger partial charge is 0.497 e. The molecule has 0 radical (unpaired) electrons.